The first kappa shape index (κ1) is 20.9. The van der Waals surface area contributed by atoms with Gasteiger partial charge in [0.05, 0.1) is 31.5 Å². The highest BCUT2D eigenvalue weighted by Gasteiger charge is 2.22. The molecule has 0 radical (unpaired) electrons. The molecule has 0 N–H and O–H groups in total. The van der Waals surface area contributed by atoms with Crippen LogP contribution in [0, 0.1) is 0 Å². The number of thiazole rings is 1. The quantitative estimate of drug-likeness (QED) is 0.561. The Balaban J connectivity index is 2.02. The highest BCUT2D eigenvalue weighted by molar-refractivity contribution is 7.22. The highest BCUT2D eigenvalue weighted by atomic mass is 32.1. The smallest absolute Gasteiger partial charge is 0.260 e. The summed E-state index contributed by atoms with van der Waals surface area (Å²) in [6, 6.07) is 10.9. The zero-order valence-electron chi connectivity index (χ0n) is 17.3. The lowest BCUT2D eigenvalue weighted by molar-refractivity contribution is 0.0985. The van der Waals surface area contributed by atoms with Crippen LogP contribution < -0.4 is 19.1 Å². The fraction of sp³-hybridized carbons (Fsp3) is 0.333. The van der Waals surface area contributed by atoms with Gasteiger partial charge >= 0.3 is 0 Å². The molecular formula is C21H25N3O4S. The second-order valence-corrected chi connectivity index (χ2v) is 7.67. The lowest BCUT2D eigenvalue weighted by atomic mass is 10.2. The number of rotatable bonds is 8. The van der Waals surface area contributed by atoms with E-state index in [1.54, 1.807) is 38.4 Å². The van der Waals surface area contributed by atoms with E-state index in [9.17, 15) is 4.79 Å². The Labute approximate surface area is 174 Å². The first-order valence-corrected chi connectivity index (χ1v) is 9.91. The zero-order valence-corrected chi connectivity index (χ0v) is 18.1. The number of hydrogen-bond donors (Lipinski definition) is 0. The molecule has 8 heteroatoms. The summed E-state index contributed by atoms with van der Waals surface area (Å²) < 4.78 is 17.0. The summed E-state index contributed by atoms with van der Waals surface area (Å²) in [7, 11) is 8.72. The summed E-state index contributed by atoms with van der Waals surface area (Å²) in [5, 5.41) is 0.630. The van der Waals surface area contributed by atoms with E-state index in [1.165, 1.54) is 11.3 Å². The van der Waals surface area contributed by atoms with Gasteiger partial charge in [0, 0.05) is 30.8 Å². The Morgan fingerprint density at radius 3 is 2.38 bits per heavy atom. The number of likely N-dealkylation sites (N-methyl/N-ethyl adjacent to an activating group) is 1. The largest absolute Gasteiger partial charge is 0.497 e. The van der Waals surface area contributed by atoms with Gasteiger partial charge in [0.15, 0.2) is 16.6 Å². The van der Waals surface area contributed by atoms with Crippen LogP contribution in [-0.2, 0) is 0 Å². The predicted molar refractivity (Wildman–Crippen MR) is 116 cm³/mol. The molecule has 0 spiro atoms. The molecule has 29 heavy (non-hydrogen) atoms. The van der Waals surface area contributed by atoms with Gasteiger partial charge in [0.1, 0.15) is 5.75 Å². The van der Waals surface area contributed by atoms with Gasteiger partial charge in [-0.25, -0.2) is 4.98 Å². The van der Waals surface area contributed by atoms with E-state index in [1.807, 2.05) is 43.3 Å². The fourth-order valence-electron chi connectivity index (χ4n) is 2.85. The molecule has 0 bridgehead atoms. The molecule has 3 rings (SSSR count). The van der Waals surface area contributed by atoms with Crippen LogP contribution >= 0.6 is 11.3 Å². The van der Waals surface area contributed by atoms with E-state index in [-0.39, 0.29) is 5.91 Å². The number of fused-ring (bicyclic) bond motifs is 1. The van der Waals surface area contributed by atoms with E-state index >= 15 is 0 Å². The maximum Gasteiger partial charge on any atom is 0.260 e. The maximum absolute atomic E-state index is 13.3. The molecule has 154 valence electrons. The van der Waals surface area contributed by atoms with Crippen LogP contribution in [0.5, 0.6) is 17.2 Å². The molecule has 0 aliphatic carbocycles. The standard InChI is InChI=1S/C21H25N3O4S/c1-23(2)9-10-24(20(25)14-7-6-8-15(11-14)26-3)21-22-16-12-17(27-4)18(28-5)13-19(16)29-21/h6-8,11-13H,9-10H2,1-5H3. The monoisotopic (exact) mass is 415 g/mol. The summed E-state index contributed by atoms with van der Waals surface area (Å²) in [6.45, 7) is 1.22. The topological polar surface area (TPSA) is 64.1 Å². The van der Waals surface area contributed by atoms with Crippen molar-refractivity contribution in [1.82, 2.24) is 9.88 Å². The van der Waals surface area contributed by atoms with Gasteiger partial charge in [0.25, 0.3) is 5.91 Å². The van der Waals surface area contributed by atoms with Crippen molar-refractivity contribution in [3.63, 3.8) is 0 Å². The Bertz CT molecular complexity index is 962. The van der Waals surface area contributed by atoms with Gasteiger partial charge in [-0.2, -0.15) is 0 Å². The molecule has 0 aliphatic rings. The molecule has 2 aromatic carbocycles. The normalized spacial score (nSPS) is 11.0. The van der Waals surface area contributed by atoms with Crippen molar-refractivity contribution in [2.24, 2.45) is 0 Å². The van der Waals surface area contributed by atoms with Crippen molar-refractivity contribution >= 4 is 32.6 Å². The van der Waals surface area contributed by atoms with Gasteiger partial charge < -0.3 is 19.1 Å². The van der Waals surface area contributed by atoms with Crippen molar-refractivity contribution < 1.29 is 19.0 Å². The summed E-state index contributed by atoms with van der Waals surface area (Å²) in [5.74, 6) is 1.76. The molecule has 3 aromatic rings. The second kappa shape index (κ2) is 9.11. The van der Waals surface area contributed by atoms with Gasteiger partial charge in [-0.05, 0) is 32.3 Å². The lowest BCUT2D eigenvalue weighted by Crippen LogP contribution is -2.36. The molecular weight excluding hydrogens is 390 g/mol. The zero-order chi connectivity index (χ0) is 21.0. The van der Waals surface area contributed by atoms with Crippen molar-refractivity contribution in [2.75, 3.05) is 53.4 Å². The number of amides is 1. The van der Waals surface area contributed by atoms with Gasteiger partial charge in [-0.15, -0.1) is 0 Å². The Morgan fingerprint density at radius 2 is 1.72 bits per heavy atom. The maximum atomic E-state index is 13.3. The predicted octanol–water partition coefficient (Wildman–Crippen LogP) is 3.53. The van der Waals surface area contributed by atoms with Gasteiger partial charge in [-0.1, -0.05) is 17.4 Å². The first-order valence-electron chi connectivity index (χ1n) is 9.10. The number of benzene rings is 2. The van der Waals surface area contributed by atoms with Crippen LogP contribution in [0.1, 0.15) is 10.4 Å². The second-order valence-electron chi connectivity index (χ2n) is 6.66. The van der Waals surface area contributed by atoms with Crippen LogP contribution in [0.3, 0.4) is 0 Å². The average Bonchev–Trinajstić information content (AvgIpc) is 3.14. The summed E-state index contributed by atoms with van der Waals surface area (Å²) in [6.07, 6.45) is 0. The summed E-state index contributed by atoms with van der Waals surface area (Å²) in [4.78, 5) is 21.8. The van der Waals surface area contributed by atoms with Crippen LogP contribution in [0.2, 0.25) is 0 Å². The molecule has 1 aromatic heterocycles. The van der Waals surface area contributed by atoms with Crippen molar-refractivity contribution in [3.8, 4) is 17.2 Å². The highest BCUT2D eigenvalue weighted by Crippen LogP contribution is 2.37. The van der Waals surface area contributed by atoms with Crippen molar-refractivity contribution in [1.29, 1.82) is 0 Å². The molecule has 0 aliphatic heterocycles. The fourth-order valence-corrected chi connectivity index (χ4v) is 3.85. The lowest BCUT2D eigenvalue weighted by Gasteiger charge is -2.22. The summed E-state index contributed by atoms with van der Waals surface area (Å²) >= 11 is 1.45. The molecule has 0 fully saturated rings. The Kier molecular flexibility index (Phi) is 6.56. The third kappa shape index (κ3) is 4.60. The molecule has 0 atom stereocenters. The summed E-state index contributed by atoms with van der Waals surface area (Å²) in [5.41, 5.74) is 1.31. The SMILES string of the molecule is COc1cccc(C(=O)N(CCN(C)C)c2nc3cc(OC)c(OC)cc3s2)c1. The molecule has 7 nitrogen and oxygen atoms in total. The number of carbonyl (C=O) groups excluding carboxylic acids is 1. The first-order chi connectivity index (χ1) is 14.0. The van der Waals surface area contributed by atoms with Crippen molar-refractivity contribution in [3.05, 3.63) is 42.0 Å². The van der Waals surface area contributed by atoms with Crippen LogP contribution in [0.4, 0.5) is 5.13 Å². The van der Waals surface area contributed by atoms with E-state index in [4.69, 9.17) is 19.2 Å². The number of aromatic nitrogens is 1. The van der Waals surface area contributed by atoms with E-state index in [0.29, 0.717) is 41.0 Å². The number of carbonyl (C=O) groups is 1. The third-order valence-corrected chi connectivity index (χ3v) is 5.49. The number of methoxy groups -OCH3 is 3. The van der Waals surface area contributed by atoms with Crippen molar-refractivity contribution in [2.45, 2.75) is 0 Å². The van der Waals surface area contributed by atoms with Crippen LogP contribution in [0.15, 0.2) is 36.4 Å². The molecule has 0 saturated heterocycles. The van der Waals surface area contributed by atoms with E-state index < -0.39 is 0 Å². The average molecular weight is 416 g/mol. The minimum Gasteiger partial charge on any atom is -0.497 e. The molecule has 0 unspecified atom stereocenters. The number of anilines is 1. The number of ether oxygens (including phenoxy) is 3. The molecule has 0 saturated carbocycles. The van der Waals surface area contributed by atoms with Crippen LogP contribution in [-0.4, -0.2) is 64.3 Å². The van der Waals surface area contributed by atoms with E-state index in [0.717, 1.165) is 10.2 Å². The number of nitrogens with zero attached hydrogens (tertiary/aromatic N) is 3. The minimum atomic E-state index is -0.122. The van der Waals surface area contributed by atoms with Gasteiger partial charge in [-0.3, -0.25) is 9.69 Å². The Morgan fingerprint density at radius 1 is 1.00 bits per heavy atom. The van der Waals surface area contributed by atoms with Gasteiger partial charge in [0.2, 0.25) is 0 Å². The molecule has 1 heterocycles. The molecule has 1 amide bonds. The Hall–Kier alpha value is -2.84. The van der Waals surface area contributed by atoms with E-state index in [2.05, 4.69) is 0 Å². The van der Waals surface area contributed by atoms with Crippen LogP contribution in [0.25, 0.3) is 10.2 Å². The minimum absolute atomic E-state index is 0.122. The third-order valence-electron chi connectivity index (χ3n) is 4.45. The number of hydrogen-bond acceptors (Lipinski definition) is 7.